The van der Waals surface area contributed by atoms with E-state index >= 15 is 0 Å². The fraction of sp³-hybridized carbons (Fsp3) is 0.300. The van der Waals surface area contributed by atoms with Crippen molar-refractivity contribution in [2.45, 2.75) is 71.6 Å². The average molecular weight is 551 g/mol. The van der Waals surface area contributed by atoms with Crippen LogP contribution in [0, 0.1) is 5.41 Å². The van der Waals surface area contributed by atoms with Gasteiger partial charge in [-0.25, -0.2) is 0 Å². The quantitative estimate of drug-likeness (QED) is 0.287. The molecular weight excluding hydrogens is 507 g/mol. The first-order valence-corrected chi connectivity index (χ1v) is 15.6. The van der Waals surface area contributed by atoms with Crippen molar-refractivity contribution in [3.8, 4) is 22.3 Å². The molecule has 3 aromatic carbocycles. The monoisotopic (exact) mass is 550 g/mol. The molecule has 0 aromatic heterocycles. The minimum atomic E-state index is -0.107. The molecule has 6 rings (SSSR count). The van der Waals surface area contributed by atoms with E-state index in [1.807, 2.05) is 0 Å². The lowest BCUT2D eigenvalue weighted by Crippen LogP contribution is -2.34. The molecule has 0 bridgehead atoms. The number of hydrogen-bond acceptors (Lipinski definition) is 1. The van der Waals surface area contributed by atoms with E-state index in [4.69, 9.17) is 4.65 Å². The van der Waals surface area contributed by atoms with Gasteiger partial charge in [-0.1, -0.05) is 110 Å². The Bertz CT molecular complexity index is 1600. The van der Waals surface area contributed by atoms with Gasteiger partial charge in [0.1, 0.15) is 0 Å². The molecule has 2 heteroatoms. The van der Waals surface area contributed by atoms with Crippen LogP contribution in [0.25, 0.3) is 33.4 Å². The Kier molecular flexibility index (Phi) is 7.86. The molecule has 1 unspecified atom stereocenters. The number of hydrogen-bond donors (Lipinski definition) is 0. The maximum absolute atomic E-state index is 6.64. The van der Waals surface area contributed by atoms with E-state index in [2.05, 4.69) is 150 Å². The fourth-order valence-electron chi connectivity index (χ4n) is 6.45. The number of rotatable bonds is 5. The zero-order valence-corrected chi connectivity index (χ0v) is 25.9. The van der Waals surface area contributed by atoms with Gasteiger partial charge in [0.25, 0.3) is 0 Å². The smallest absolute Gasteiger partial charge is 0.301 e. The second-order valence-electron chi connectivity index (χ2n) is 13.5. The van der Waals surface area contributed by atoms with Crippen molar-refractivity contribution in [2.24, 2.45) is 5.41 Å². The van der Waals surface area contributed by atoms with Gasteiger partial charge in [-0.05, 0) is 126 Å². The van der Waals surface area contributed by atoms with Crippen LogP contribution in [-0.2, 0) is 4.65 Å². The lowest BCUT2D eigenvalue weighted by molar-refractivity contribution is 0.0355. The predicted octanol–water partition coefficient (Wildman–Crippen LogP) is 11.2. The molecule has 0 radical (unpaired) electrons. The van der Waals surface area contributed by atoms with E-state index in [1.54, 1.807) is 0 Å². The molecule has 1 saturated heterocycles. The van der Waals surface area contributed by atoms with Crippen molar-refractivity contribution < 1.29 is 4.65 Å². The highest BCUT2D eigenvalue weighted by molar-refractivity contribution is 6.55. The highest BCUT2D eigenvalue weighted by Crippen LogP contribution is 2.49. The van der Waals surface area contributed by atoms with Gasteiger partial charge in [0, 0.05) is 0 Å². The second kappa shape index (κ2) is 11.6. The second-order valence-corrected chi connectivity index (χ2v) is 13.5. The van der Waals surface area contributed by atoms with Crippen molar-refractivity contribution in [3.05, 3.63) is 132 Å². The predicted molar refractivity (Wildman–Crippen MR) is 182 cm³/mol. The first kappa shape index (κ1) is 28.5. The standard InChI is InChI=1S/C40H43BO/c1-29-13-9-10-16-31(22-21-29)36-24-35(30-14-7-6-8-15-30)25-37(26-36)33-18-11-17-32(23-33)34-19-12-20-38(27-34)41-28-39(2,3)40(4,5)42-41/h6-8,10-12,14-19,21-27,38H,9,13,20,28H2,1-5H3. The topological polar surface area (TPSA) is 9.23 Å². The third-order valence-electron chi connectivity index (χ3n) is 9.82. The van der Waals surface area contributed by atoms with E-state index in [9.17, 15) is 0 Å². The molecule has 1 nitrogen and oxygen atoms in total. The summed E-state index contributed by atoms with van der Waals surface area (Å²) in [6.45, 7) is 11.7. The fourth-order valence-corrected chi connectivity index (χ4v) is 6.45. The third kappa shape index (κ3) is 5.97. The molecule has 3 aromatic rings. The van der Waals surface area contributed by atoms with Gasteiger partial charge < -0.3 is 4.65 Å². The molecule has 1 aliphatic heterocycles. The molecule has 3 aliphatic rings. The van der Waals surface area contributed by atoms with Gasteiger partial charge in [0.15, 0.2) is 0 Å². The molecular formula is C40H43BO. The SMILES string of the molecule is CC1=CC=C(c2cc(-c3ccccc3)cc(-c3cccc(C4=CC(B5CC(C)(C)C(C)(C)O5)CC=C4)c3)c2)C=CCC1. The summed E-state index contributed by atoms with van der Waals surface area (Å²) < 4.78 is 6.64. The van der Waals surface area contributed by atoms with Crippen LogP contribution in [0.15, 0.2) is 121 Å². The first-order valence-electron chi connectivity index (χ1n) is 15.6. The Morgan fingerprint density at radius 1 is 0.690 bits per heavy atom. The Morgan fingerprint density at radius 3 is 2.12 bits per heavy atom. The number of benzene rings is 3. The Hall–Kier alpha value is -3.62. The summed E-state index contributed by atoms with van der Waals surface area (Å²) >= 11 is 0. The van der Waals surface area contributed by atoms with Crippen molar-refractivity contribution in [1.82, 2.24) is 0 Å². The molecule has 42 heavy (non-hydrogen) atoms. The van der Waals surface area contributed by atoms with Gasteiger partial charge >= 0.3 is 6.92 Å². The molecule has 0 amide bonds. The molecule has 0 saturated carbocycles. The zero-order valence-electron chi connectivity index (χ0n) is 25.9. The minimum Gasteiger partial charge on any atom is -0.430 e. The van der Waals surface area contributed by atoms with E-state index in [0.717, 1.165) is 25.6 Å². The van der Waals surface area contributed by atoms with Crippen LogP contribution in [-0.4, -0.2) is 12.5 Å². The molecule has 1 atom stereocenters. The average Bonchev–Trinajstić information content (AvgIpc) is 3.22. The molecule has 1 fully saturated rings. The van der Waals surface area contributed by atoms with Gasteiger partial charge in [-0.15, -0.1) is 0 Å². The van der Waals surface area contributed by atoms with E-state index < -0.39 is 0 Å². The normalized spacial score (nSPS) is 21.3. The van der Waals surface area contributed by atoms with E-state index in [0.29, 0.717) is 5.82 Å². The molecule has 0 spiro atoms. The Morgan fingerprint density at radius 2 is 1.36 bits per heavy atom. The largest absolute Gasteiger partial charge is 0.430 e. The summed E-state index contributed by atoms with van der Waals surface area (Å²) in [7, 11) is 0. The van der Waals surface area contributed by atoms with Crippen LogP contribution in [0.1, 0.15) is 65.0 Å². The van der Waals surface area contributed by atoms with Crippen LogP contribution in [0.2, 0.25) is 12.1 Å². The zero-order chi connectivity index (χ0) is 29.3. The molecule has 212 valence electrons. The lowest BCUT2D eigenvalue weighted by atomic mass is 9.49. The van der Waals surface area contributed by atoms with Crippen LogP contribution in [0.4, 0.5) is 0 Å². The summed E-state index contributed by atoms with van der Waals surface area (Å²) in [5.41, 5.74) is 11.5. The van der Waals surface area contributed by atoms with Gasteiger partial charge in [0.05, 0.1) is 5.60 Å². The van der Waals surface area contributed by atoms with E-state index in [1.165, 1.54) is 50.1 Å². The van der Waals surface area contributed by atoms with Crippen LogP contribution >= 0.6 is 0 Å². The van der Waals surface area contributed by atoms with Crippen molar-refractivity contribution in [1.29, 1.82) is 0 Å². The summed E-state index contributed by atoms with van der Waals surface area (Å²) in [6.07, 6.45) is 20.6. The molecule has 1 heterocycles. The Labute approximate surface area is 253 Å². The van der Waals surface area contributed by atoms with Crippen molar-refractivity contribution in [3.63, 3.8) is 0 Å². The van der Waals surface area contributed by atoms with Crippen molar-refractivity contribution >= 4 is 18.1 Å². The highest BCUT2D eigenvalue weighted by atomic mass is 16.5. The first-order chi connectivity index (χ1) is 20.2. The number of allylic oxidation sites excluding steroid dienone is 10. The summed E-state index contributed by atoms with van der Waals surface area (Å²) in [5.74, 6) is 0.400. The van der Waals surface area contributed by atoms with Crippen LogP contribution < -0.4 is 0 Å². The Balaban J connectivity index is 1.38. The van der Waals surface area contributed by atoms with Crippen molar-refractivity contribution in [2.75, 3.05) is 0 Å². The van der Waals surface area contributed by atoms with Crippen LogP contribution in [0.3, 0.4) is 0 Å². The lowest BCUT2D eigenvalue weighted by Gasteiger charge is -2.34. The summed E-state index contributed by atoms with van der Waals surface area (Å²) in [6, 6.07) is 26.9. The molecule has 0 N–H and O–H groups in total. The minimum absolute atomic E-state index is 0.107. The maximum Gasteiger partial charge on any atom is 0.301 e. The van der Waals surface area contributed by atoms with Crippen LogP contribution in [0.5, 0.6) is 0 Å². The van der Waals surface area contributed by atoms with E-state index in [-0.39, 0.29) is 17.9 Å². The third-order valence-corrected chi connectivity index (χ3v) is 9.82. The molecule has 2 aliphatic carbocycles. The van der Waals surface area contributed by atoms with Gasteiger partial charge in [-0.3, -0.25) is 0 Å². The maximum atomic E-state index is 6.64. The summed E-state index contributed by atoms with van der Waals surface area (Å²) in [4.78, 5) is 0. The van der Waals surface area contributed by atoms with Gasteiger partial charge in [-0.2, -0.15) is 0 Å². The highest BCUT2D eigenvalue weighted by Gasteiger charge is 2.51. The summed E-state index contributed by atoms with van der Waals surface area (Å²) in [5, 5.41) is 0. The van der Waals surface area contributed by atoms with Gasteiger partial charge in [0.2, 0.25) is 0 Å².